The number of hydrogen-bond donors (Lipinski definition) is 0. The highest BCUT2D eigenvalue weighted by atomic mass is 35.5. The van der Waals surface area contributed by atoms with E-state index >= 15 is 0 Å². The first kappa shape index (κ1) is 99.8. The molecule has 0 unspecified atom stereocenters. The third kappa shape index (κ3) is 45.0. The van der Waals surface area contributed by atoms with Crippen molar-refractivity contribution >= 4 is 57.2 Å². The van der Waals surface area contributed by atoms with Gasteiger partial charge in [-0.1, -0.05) is 130 Å². The van der Waals surface area contributed by atoms with Gasteiger partial charge in [0.2, 0.25) is 0 Å². The van der Waals surface area contributed by atoms with Crippen molar-refractivity contribution in [1.29, 1.82) is 0 Å². The Bertz CT molecular complexity index is 3650. The van der Waals surface area contributed by atoms with Gasteiger partial charge in [-0.15, -0.1) is 22.7 Å². The maximum absolute atomic E-state index is 5.72. The second-order valence-corrected chi connectivity index (χ2v) is 31.3. The van der Waals surface area contributed by atoms with E-state index in [0.29, 0.717) is 0 Å². The van der Waals surface area contributed by atoms with Crippen LogP contribution in [0.1, 0.15) is 184 Å². The molecule has 11 heteroatoms. The summed E-state index contributed by atoms with van der Waals surface area (Å²) in [5.41, 5.74) is 28.6. The number of benzene rings is 4. The van der Waals surface area contributed by atoms with Gasteiger partial charge >= 0.3 is 0 Å². The monoisotopic (exact) mass is 1550 g/mol. The van der Waals surface area contributed by atoms with E-state index in [1.807, 2.05) is 146 Å². The molecular formula is C97H131Cl2N3O3S3. The standard InChI is InChI=1S/2C8H9Cl.2C8H10.3C7H9N.C7H14.3C6H8O.3C6H8S.CH4/c2*1-6-3-4-8(9)5-7(6)2;2*1-7-5-3-4-6-8(7)2;2*1-6-3-4-8-5-7(6)2;1-6-4-3-5-8-7(6)2;1-6-4-3-5-7(6)2;1-5-3-7-4-6(5)2;2*1-5-3-4-7-6(5)2;1-5-3-7-4-6(5)2;2*1-5-3-4-7-6(5)2;/h2*3-5H,1-2H3;2*3-6H,1-2H3;3*3-5H,1-2H3;6-7H,3-5H2,1-2H3;6*3-4H,1-2H3;1H4/t;;;;;;;6-,7+;;;;;;;. The summed E-state index contributed by atoms with van der Waals surface area (Å²) >= 11 is 16.8. The fraction of sp³-hybridized carbons (Fsp3) is 0.351. The Kier molecular flexibility index (Phi) is 52.7. The number of thiophene rings is 3. The minimum absolute atomic E-state index is 0. The smallest absolute Gasteiger partial charge is 0.103 e. The van der Waals surface area contributed by atoms with Crippen LogP contribution in [-0.2, 0) is 0 Å². The van der Waals surface area contributed by atoms with Gasteiger partial charge in [-0.05, 0) is 397 Å². The zero-order valence-electron chi connectivity index (χ0n) is 70.0. The second-order valence-electron chi connectivity index (χ2n) is 27.5. The van der Waals surface area contributed by atoms with Gasteiger partial charge in [0, 0.05) is 56.5 Å². The quantitative estimate of drug-likeness (QED) is 0.151. The van der Waals surface area contributed by atoms with Crippen molar-refractivity contribution in [1.82, 2.24) is 15.0 Å². The summed E-state index contributed by atoms with van der Waals surface area (Å²) in [6.07, 6.45) is 20.5. The van der Waals surface area contributed by atoms with Crippen LogP contribution < -0.4 is 0 Å². The molecule has 0 bridgehead atoms. The zero-order valence-corrected chi connectivity index (χ0v) is 74.0. The SMILES string of the molecule is C.C[C@@H]1CCC[C@@H]1C.Cc1ccc(Cl)cc1C.Cc1ccc(Cl)cc1C.Cc1ccccc1C.Cc1ccccc1C.Cc1cccnc1C.Cc1ccncc1C.Cc1ccncc1C.Cc1ccoc1C.Cc1ccoc1C.Cc1ccsc1C.Cc1ccsc1C.Cc1cocc1C.Cc1cscc1C. The summed E-state index contributed by atoms with van der Waals surface area (Å²) in [5.74, 6) is 4.06. The molecule has 0 radical (unpaired) electrons. The van der Waals surface area contributed by atoms with Crippen LogP contribution >= 0.6 is 57.2 Å². The molecule has 14 rings (SSSR count). The summed E-state index contributed by atoms with van der Waals surface area (Å²) in [5, 5.41) is 10.2. The molecule has 584 valence electrons. The Morgan fingerprint density at radius 3 is 0.833 bits per heavy atom. The molecule has 9 aromatic heterocycles. The maximum Gasteiger partial charge on any atom is 0.103 e. The number of aryl methyl sites for hydroxylation is 26. The van der Waals surface area contributed by atoms with E-state index in [9.17, 15) is 0 Å². The van der Waals surface area contributed by atoms with E-state index in [0.717, 1.165) is 39.1 Å². The normalized spacial score (nSPS) is 11.4. The van der Waals surface area contributed by atoms with Crippen LogP contribution in [0.3, 0.4) is 0 Å². The van der Waals surface area contributed by atoms with Gasteiger partial charge in [-0.25, -0.2) is 0 Å². The van der Waals surface area contributed by atoms with Gasteiger partial charge in [0.05, 0.1) is 25.1 Å². The Morgan fingerprint density at radius 1 is 0.333 bits per heavy atom. The third-order valence-electron chi connectivity index (χ3n) is 18.6. The van der Waals surface area contributed by atoms with E-state index in [-0.39, 0.29) is 7.43 Å². The van der Waals surface area contributed by atoms with Gasteiger partial charge in [0.1, 0.15) is 11.5 Å². The first-order chi connectivity index (χ1) is 50.6. The lowest BCUT2D eigenvalue weighted by molar-refractivity contribution is 0.457. The maximum atomic E-state index is 5.72. The minimum Gasteiger partial charge on any atom is -0.472 e. The average molecular weight is 1550 g/mol. The molecule has 1 saturated carbocycles. The molecule has 0 aliphatic heterocycles. The molecule has 2 atom stereocenters. The lowest BCUT2D eigenvalue weighted by Gasteiger charge is -2.05. The number of furan rings is 3. The van der Waals surface area contributed by atoms with E-state index in [2.05, 4.69) is 249 Å². The lowest BCUT2D eigenvalue weighted by Crippen LogP contribution is -1.95. The number of rotatable bonds is 0. The van der Waals surface area contributed by atoms with Crippen LogP contribution in [0.2, 0.25) is 10.0 Å². The highest BCUT2D eigenvalue weighted by molar-refractivity contribution is 7.10. The average Bonchev–Trinajstić information content (AvgIpc) is 1.21. The van der Waals surface area contributed by atoms with Crippen molar-refractivity contribution < 1.29 is 13.3 Å². The second kappa shape index (κ2) is 57.0. The molecule has 108 heavy (non-hydrogen) atoms. The highest BCUT2D eigenvalue weighted by Gasteiger charge is 2.17. The third-order valence-corrected chi connectivity index (χ3v) is 22.0. The van der Waals surface area contributed by atoms with Crippen molar-refractivity contribution in [2.75, 3.05) is 0 Å². The number of aromatic nitrogens is 3. The minimum atomic E-state index is 0. The van der Waals surface area contributed by atoms with Crippen LogP contribution in [0.15, 0.2) is 224 Å². The predicted molar refractivity (Wildman–Crippen MR) is 480 cm³/mol. The number of hydrogen-bond acceptors (Lipinski definition) is 9. The number of pyridine rings is 3. The molecule has 1 aliphatic carbocycles. The summed E-state index contributed by atoms with van der Waals surface area (Å²) in [6.45, 7) is 58.6. The van der Waals surface area contributed by atoms with Crippen molar-refractivity contribution in [3.8, 4) is 0 Å². The van der Waals surface area contributed by atoms with Crippen molar-refractivity contribution in [2.45, 2.75) is 221 Å². The fourth-order valence-electron chi connectivity index (χ4n) is 8.36. The van der Waals surface area contributed by atoms with Gasteiger partial charge < -0.3 is 13.3 Å². The summed E-state index contributed by atoms with van der Waals surface area (Å²) in [7, 11) is 0. The summed E-state index contributed by atoms with van der Waals surface area (Å²) < 4.78 is 14.8. The molecular weight excluding hydrogens is 1420 g/mol. The van der Waals surface area contributed by atoms with Gasteiger partial charge in [0.15, 0.2) is 0 Å². The van der Waals surface area contributed by atoms with E-state index in [1.165, 1.54) is 146 Å². The van der Waals surface area contributed by atoms with Crippen molar-refractivity contribution in [3.05, 3.63) is 365 Å². The first-order valence-electron chi connectivity index (χ1n) is 36.7. The Labute approximate surface area is 677 Å². The Balaban J connectivity index is 0.00000114. The van der Waals surface area contributed by atoms with Gasteiger partial charge in [-0.3, -0.25) is 15.0 Å². The lowest BCUT2D eigenvalue weighted by atomic mass is 10.0. The Morgan fingerprint density at radius 2 is 0.676 bits per heavy atom. The number of halogens is 2. The molecule has 4 aromatic carbocycles. The summed E-state index contributed by atoms with van der Waals surface area (Å²) in [6, 6.07) is 44.7. The summed E-state index contributed by atoms with van der Waals surface area (Å²) in [4.78, 5) is 14.8. The largest absolute Gasteiger partial charge is 0.472 e. The van der Waals surface area contributed by atoms with Crippen LogP contribution in [-0.4, -0.2) is 15.0 Å². The molecule has 0 amide bonds. The zero-order chi connectivity index (χ0) is 80.6. The highest BCUT2D eigenvalue weighted by Crippen LogP contribution is 2.30. The molecule has 13 aromatic rings. The topological polar surface area (TPSA) is 78.1 Å². The van der Waals surface area contributed by atoms with Crippen LogP contribution in [0.25, 0.3) is 0 Å². The van der Waals surface area contributed by atoms with Crippen LogP contribution in [0.5, 0.6) is 0 Å². The molecule has 1 aliphatic rings. The van der Waals surface area contributed by atoms with Crippen LogP contribution in [0.4, 0.5) is 0 Å². The van der Waals surface area contributed by atoms with Crippen molar-refractivity contribution in [3.63, 3.8) is 0 Å². The Hall–Kier alpha value is -8.15. The molecule has 0 saturated heterocycles. The molecule has 6 nitrogen and oxygen atoms in total. The van der Waals surface area contributed by atoms with Crippen LogP contribution in [0, 0.1) is 192 Å². The number of nitrogens with zero attached hydrogens (tertiary/aromatic N) is 3. The molecule has 0 N–H and O–H groups in total. The molecule has 0 spiro atoms. The molecule has 1 fully saturated rings. The van der Waals surface area contributed by atoms with E-state index in [4.69, 9.17) is 36.5 Å². The predicted octanol–water partition coefficient (Wildman–Crippen LogP) is 31.5. The van der Waals surface area contributed by atoms with E-state index < -0.39 is 0 Å². The first-order valence-corrected chi connectivity index (χ1v) is 40.2. The van der Waals surface area contributed by atoms with E-state index in [1.54, 1.807) is 59.1 Å². The fourth-order valence-corrected chi connectivity index (χ4v) is 11.1. The van der Waals surface area contributed by atoms with Crippen molar-refractivity contribution in [2.24, 2.45) is 11.8 Å². The van der Waals surface area contributed by atoms with Gasteiger partial charge in [0.25, 0.3) is 0 Å². The molecule has 9 heterocycles. The van der Waals surface area contributed by atoms with Gasteiger partial charge in [-0.2, -0.15) is 11.3 Å².